The lowest BCUT2D eigenvalue weighted by Gasteiger charge is -1.94. The van der Waals surface area contributed by atoms with Crippen molar-refractivity contribution in [3.05, 3.63) is 0 Å². The molecule has 0 aromatic carbocycles. The molecule has 0 aromatic rings. The molecule has 0 bridgehead atoms. The number of hydrogen-bond donors (Lipinski definition) is 0. The van der Waals surface area contributed by atoms with Gasteiger partial charge in [0.15, 0.2) is 5.90 Å². The van der Waals surface area contributed by atoms with Crippen molar-refractivity contribution in [1.29, 1.82) is 0 Å². The van der Waals surface area contributed by atoms with Crippen molar-refractivity contribution in [2.75, 3.05) is 14.2 Å². The summed E-state index contributed by atoms with van der Waals surface area (Å²) in [6, 6.07) is 0. The van der Waals surface area contributed by atoms with Gasteiger partial charge in [-0.1, -0.05) is 0 Å². The van der Waals surface area contributed by atoms with Crippen molar-refractivity contribution in [2.24, 2.45) is 9.98 Å². The summed E-state index contributed by atoms with van der Waals surface area (Å²) in [6.07, 6.45) is 0. The first-order valence-corrected chi connectivity index (χ1v) is 2.73. The van der Waals surface area contributed by atoms with E-state index in [4.69, 9.17) is 4.74 Å². The van der Waals surface area contributed by atoms with Gasteiger partial charge < -0.3 is 10.2 Å². The van der Waals surface area contributed by atoms with Crippen LogP contribution in [0.1, 0.15) is 13.8 Å². The van der Waals surface area contributed by atoms with Crippen molar-refractivity contribution in [3.8, 4) is 0 Å². The summed E-state index contributed by atoms with van der Waals surface area (Å²) in [5.74, 6) is 1.37. The van der Waals surface area contributed by atoms with E-state index in [-0.39, 0.29) is 5.48 Å². The van der Waals surface area contributed by atoms with Gasteiger partial charge in [-0.15, -0.1) is 0 Å². The third kappa shape index (κ3) is 5.24. The minimum absolute atomic E-state index is 0. The van der Waals surface area contributed by atoms with Crippen LogP contribution < -0.4 is 0 Å². The number of amidine groups is 1. The molecule has 0 heterocycles. The maximum absolute atomic E-state index is 4.79. The zero-order chi connectivity index (χ0) is 7.28. The molecule has 60 valence electrons. The maximum atomic E-state index is 4.79. The molecular formula is C6H14N2O2. The van der Waals surface area contributed by atoms with Crippen LogP contribution in [0.2, 0.25) is 0 Å². The van der Waals surface area contributed by atoms with Gasteiger partial charge in [-0.05, 0) is 6.92 Å². The standard InChI is InChI=1S/C6H12N2O.H2O/c1-5(7-3)8-6(2)9-4;/h1-4H3;1H2. The molecule has 0 aliphatic heterocycles. The fourth-order valence-corrected chi connectivity index (χ4v) is 0.324. The van der Waals surface area contributed by atoms with Crippen molar-refractivity contribution in [3.63, 3.8) is 0 Å². The van der Waals surface area contributed by atoms with Crippen LogP contribution in [0.5, 0.6) is 0 Å². The zero-order valence-corrected chi connectivity index (χ0v) is 6.80. The predicted octanol–water partition coefficient (Wildman–Crippen LogP) is 0.275. The second-order valence-electron chi connectivity index (χ2n) is 1.61. The van der Waals surface area contributed by atoms with E-state index in [0.717, 1.165) is 5.84 Å². The Balaban J connectivity index is 0. The van der Waals surface area contributed by atoms with Crippen molar-refractivity contribution < 1.29 is 10.2 Å². The summed E-state index contributed by atoms with van der Waals surface area (Å²) in [6.45, 7) is 3.61. The Bertz CT molecular complexity index is 141. The molecule has 2 N–H and O–H groups in total. The molecule has 4 heteroatoms. The fourth-order valence-electron chi connectivity index (χ4n) is 0.324. The van der Waals surface area contributed by atoms with Crippen LogP contribution in [0, 0.1) is 0 Å². The Morgan fingerprint density at radius 2 is 1.80 bits per heavy atom. The summed E-state index contributed by atoms with van der Waals surface area (Å²) >= 11 is 0. The van der Waals surface area contributed by atoms with Crippen molar-refractivity contribution in [1.82, 2.24) is 0 Å². The van der Waals surface area contributed by atoms with Crippen LogP contribution in [0.3, 0.4) is 0 Å². The van der Waals surface area contributed by atoms with Gasteiger partial charge in [0.1, 0.15) is 5.84 Å². The molecule has 0 unspecified atom stereocenters. The van der Waals surface area contributed by atoms with E-state index in [0.29, 0.717) is 5.90 Å². The molecule has 0 radical (unpaired) electrons. The van der Waals surface area contributed by atoms with Gasteiger partial charge in [-0.3, -0.25) is 4.99 Å². The van der Waals surface area contributed by atoms with Gasteiger partial charge in [0.25, 0.3) is 0 Å². The number of methoxy groups -OCH3 is 1. The van der Waals surface area contributed by atoms with Crippen molar-refractivity contribution >= 4 is 11.7 Å². The van der Waals surface area contributed by atoms with Gasteiger partial charge in [0.2, 0.25) is 0 Å². The van der Waals surface area contributed by atoms with E-state index in [1.165, 1.54) is 0 Å². The summed E-state index contributed by atoms with van der Waals surface area (Å²) < 4.78 is 4.79. The van der Waals surface area contributed by atoms with E-state index in [2.05, 4.69) is 9.98 Å². The Labute approximate surface area is 60.9 Å². The molecule has 0 aromatic heterocycles. The van der Waals surface area contributed by atoms with Gasteiger partial charge in [-0.2, -0.15) is 0 Å². The molecule has 0 aliphatic rings. The number of aliphatic imine (C=N–C) groups is 2. The molecule has 4 nitrogen and oxygen atoms in total. The minimum atomic E-state index is 0. The first kappa shape index (κ1) is 11.8. The molecule has 10 heavy (non-hydrogen) atoms. The Morgan fingerprint density at radius 1 is 1.30 bits per heavy atom. The molecule has 0 amide bonds. The summed E-state index contributed by atoms with van der Waals surface area (Å²) in [4.78, 5) is 7.78. The Kier molecular flexibility index (Phi) is 7.37. The monoisotopic (exact) mass is 146 g/mol. The highest BCUT2D eigenvalue weighted by atomic mass is 16.5. The van der Waals surface area contributed by atoms with Gasteiger partial charge in [0.05, 0.1) is 7.11 Å². The topological polar surface area (TPSA) is 65.5 Å². The molecule has 0 aliphatic carbocycles. The average Bonchev–Trinajstić information content (AvgIpc) is 1.87. The van der Waals surface area contributed by atoms with Crippen LogP contribution in [0.25, 0.3) is 0 Å². The highest BCUT2D eigenvalue weighted by Crippen LogP contribution is 1.81. The normalized spacial score (nSPS) is 12.4. The average molecular weight is 146 g/mol. The first-order chi connectivity index (χ1) is 4.20. The fraction of sp³-hybridized carbons (Fsp3) is 0.667. The van der Waals surface area contributed by atoms with E-state index >= 15 is 0 Å². The van der Waals surface area contributed by atoms with Crippen LogP contribution in [0.15, 0.2) is 9.98 Å². The number of rotatable bonds is 0. The lowest BCUT2D eigenvalue weighted by molar-refractivity contribution is 0.401. The van der Waals surface area contributed by atoms with E-state index in [9.17, 15) is 0 Å². The van der Waals surface area contributed by atoms with Crippen LogP contribution in [-0.2, 0) is 4.74 Å². The van der Waals surface area contributed by atoms with E-state index in [1.54, 1.807) is 21.1 Å². The minimum Gasteiger partial charge on any atom is -0.484 e. The van der Waals surface area contributed by atoms with Gasteiger partial charge in [-0.25, -0.2) is 4.99 Å². The van der Waals surface area contributed by atoms with E-state index < -0.39 is 0 Å². The predicted molar refractivity (Wildman–Crippen MR) is 42.8 cm³/mol. The summed E-state index contributed by atoms with van der Waals surface area (Å²) in [7, 11) is 3.28. The van der Waals surface area contributed by atoms with Crippen LogP contribution in [0.4, 0.5) is 0 Å². The highest BCUT2D eigenvalue weighted by molar-refractivity contribution is 5.91. The molecule has 0 rings (SSSR count). The molecule has 0 saturated carbocycles. The third-order valence-corrected chi connectivity index (χ3v) is 0.938. The quantitative estimate of drug-likeness (QED) is 0.357. The maximum Gasteiger partial charge on any atom is 0.186 e. The lowest BCUT2D eigenvalue weighted by atomic mass is 10.6. The van der Waals surface area contributed by atoms with Gasteiger partial charge in [0, 0.05) is 14.0 Å². The Morgan fingerprint density at radius 3 is 2.10 bits per heavy atom. The lowest BCUT2D eigenvalue weighted by Crippen LogP contribution is -1.97. The molecule has 0 atom stereocenters. The second kappa shape index (κ2) is 6.22. The smallest absolute Gasteiger partial charge is 0.186 e. The zero-order valence-electron chi connectivity index (χ0n) is 6.80. The molecule has 0 fully saturated rings. The van der Waals surface area contributed by atoms with Crippen LogP contribution in [-0.4, -0.2) is 31.4 Å². The third-order valence-electron chi connectivity index (χ3n) is 0.938. The summed E-state index contributed by atoms with van der Waals surface area (Å²) in [5, 5.41) is 0. The SMILES string of the molecule is CN=C(C)N=C(C)OC.O. The number of hydrogen-bond acceptors (Lipinski definition) is 2. The number of ether oxygens (including phenoxy) is 1. The van der Waals surface area contributed by atoms with Crippen LogP contribution >= 0.6 is 0 Å². The van der Waals surface area contributed by atoms with Crippen molar-refractivity contribution in [2.45, 2.75) is 13.8 Å². The van der Waals surface area contributed by atoms with E-state index in [1.807, 2.05) is 6.92 Å². The largest absolute Gasteiger partial charge is 0.484 e. The summed E-state index contributed by atoms with van der Waals surface area (Å²) in [5.41, 5.74) is 0. The molecular weight excluding hydrogens is 132 g/mol. The molecule has 0 saturated heterocycles. The Hall–Kier alpha value is -0.900. The highest BCUT2D eigenvalue weighted by Gasteiger charge is 1.85. The second-order valence-corrected chi connectivity index (χ2v) is 1.61. The van der Waals surface area contributed by atoms with Gasteiger partial charge >= 0.3 is 0 Å². The molecule has 0 spiro atoms. The first-order valence-electron chi connectivity index (χ1n) is 2.73. The number of nitrogens with zero attached hydrogens (tertiary/aromatic N) is 2.